The number of carbonyl (C=O) groups is 2. The number of rotatable bonds is 5. The standard InChI is InChI=1S/C16H18N2O4/c1-10-8-12(22-9-15(19)20)5-6-13(10)17-16(21)14-7-4-11(2)18(14)3/h4-8H,9H2,1-3H3,(H,17,21)(H,19,20). The number of amides is 1. The van der Waals surface area contributed by atoms with E-state index in [1.54, 1.807) is 24.3 Å². The van der Waals surface area contributed by atoms with E-state index >= 15 is 0 Å². The third kappa shape index (κ3) is 3.46. The lowest BCUT2D eigenvalue weighted by Gasteiger charge is -2.11. The first kappa shape index (κ1) is 15.6. The summed E-state index contributed by atoms with van der Waals surface area (Å²) in [6.07, 6.45) is 0. The van der Waals surface area contributed by atoms with Crippen LogP contribution in [0, 0.1) is 13.8 Å². The van der Waals surface area contributed by atoms with Gasteiger partial charge in [0, 0.05) is 18.4 Å². The number of benzene rings is 1. The Morgan fingerprint density at radius 1 is 1.23 bits per heavy atom. The van der Waals surface area contributed by atoms with E-state index in [1.807, 2.05) is 31.5 Å². The van der Waals surface area contributed by atoms with Crippen LogP contribution in [0.4, 0.5) is 5.69 Å². The molecule has 0 aliphatic rings. The molecule has 2 rings (SSSR count). The van der Waals surface area contributed by atoms with E-state index in [0.717, 1.165) is 11.3 Å². The third-order valence-corrected chi connectivity index (χ3v) is 3.41. The van der Waals surface area contributed by atoms with Gasteiger partial charge in [-0.2, -0.15) is 0 Å². The lowest BCUT2D eigenvalue weighted by atomic mass is 10.2. The van der Waals surface area contributed by atoms with Crippen LogP contribution in [0.2, 0.25) is 0 Å². The molecule has 1 heterocycles. The van der Waals surface area contributed by atoms with Gasteiger partial charge in [-0.05, 0) is 49.7 Å². The molecule has 1 aromatic carbocycles. The zero-order valence-corrected chi connectivity index (χ0v) is 12.7. The van der Waals surface area contributed by atoms with Crippen LogP contribution in [0.3, 0.4) is 0 Å². The number of aryl methyl sites for hydroxylation is 2. The van der Waals surface area contributed by atoms with Gasteiger partial charge in [0.05, 0.1) is 0 Å². The highest BCUT2D eigenvalue weighted by molar-refractivity contribution is 6.03. The molecule has 0 aliphatic heterocycles. The Hall–Kier alpha value is -2.76. The molecule has 0 aliphatic carbocycles. The van der Waals surface area contributed by atoms with Gasteiger partial charge in [0.1, 0.15) is 11.4 Å². The summed E-state index contributed by atoms with van der Waals surface area (Å²) in [5.41, 5.74) is 3.02. The van der Waals surface area contributed by atoms with E-state index in [4.69, 9.17) is 9.84 Å². The number of aromatic nitrogens is 1. The maximum absolute atomic E-state index is 12.3. The number of nitrogens with zero attached hydrogens (tertiary/aromatic N) is 1. The van der Waals surface area contributed by atoms with Crippen molar-refractivity contribution in [3.8, 4) is 5.75 Å². The fourth-order valence-corrected chi connectivity index (χ4v) is 2.04. The number of hydrogen-bond acceptors (Lipinski definition) is 3. The van der Waals surface area contributed by atoms with E-state index in [0.29, 0.717) is 17.1 Å². The van der Waals surface area contributed by atoms with Crippen LogP contribution in [-0.4, -0.2) is 28.2 Å². The molecule has 1 aromatic heterocycles. The largest absolute Gasteiger partial charge is 0.482 e. The number of ether oxygens (including phenoxy) is 1. The molecule has 1 amide bonds. The third-order valence-electron chi connectivity index (χ3n) is 3.41. The van der Waals surface area contributed by atoms with Crippen LogP contribution < -0.4 is 10.1 Å². The van der Waals surface area contributed by atoms with Crippen molar-refractivity contribution in [2.45, 2.75) is 13.8 Å². The van der Waals surface area contributed by atoms with Crippen LogP contribution in [0.1, 0.15) is 21.7 Å². The summed E-state index contributed by atoms with van der Waals surface area (Å²) in [7, 11) is 1.83. The second-order valence-corrected chi connectivity index (χ2v) is 5.03. The van der Waals surface area contributed by atoms with E-state index in [1.165, 1.54) is 0 Å². The Bertz CT molecular complexity index is 719. The lowest BCUT2D eigenvalue weighted by molar-refractivity contribution is -0.139. The molecule has 0 saturated carbocycles. The summed E-state index contributed by atoms with van der Waals surface area (Å²) in [6, 6.07) is 8.66. The molecule has 0 bridgehead atoms. The highest BCUT2D eigenvalue weighted by Gasteiger charge is 2.12. The SMILES string of the molecule is Cc1cc(OCC(=O)O)ccc1NC(=O)c1ccc(C)n1C. The fraction of sp³-hybridized carbons (Fsp3) is 0.250. The molecule has 0 spiro atoms. The number of aliphatic carboxylic acids is 1. The average molecular weight is 302 g/mol. The number of carbonyl (C=O) groups excluding carboxylic acids is 1. The van der Waals surface area contributed by atoms with Gasteiger partial charge in [0.2, 0.25) is 0 Å². The summed E-state index contributed by atoms with van der Waals surface area (Å²) >= 11 is 0. The minimum absolute atomic E-state index is 0.196. The smallest absolute Gasteiger partial charge is 0.341 e. The molecular formula is C16H18N2O4. The molecule has 6 nitrogen and oxygen atoms in total. The minimum Gasteiger partial charge on any atom is -0.482 e. The first-order chi connectivity index (χ1) is 10.4. The van der Waals surface area contributed by atoms with Gasteiger partial charge < -0.3 is 19.7 Å². The summed E-state index contributed by atoms with van der Waals surface area (Å²) in [4.78, 5) is 22.7. The summed E-state index contributed by atoms with van der Waals surface area (Å²) in [6.45, 7) is 3.35. The monoisotopic (exact) mass is 302 g/mol. The van der Waals surface area contributed by atoms with Gasteiger partial charge in [-0.1, -0.05) is 0 Å². The van der Waals surface area contributed by atoms with Crippen LogP contribution >= 0.6 is 0 Å². The molecule has 0 fully saturated rings. The molecule has 0 saturated heterocycles. The quantitative estimate of drug-likeness (QED) is 0.888. The predicted molar refractivity (Wildman–Crippen MR) is 82.4 cm³/mol. The molecule has 0 unspecified atom stereocenters. The van der Waals surface area contributed by atoms with Gasteiger partial charge >= 0.3 is 5.97 Å². The molecule has 2 N–H and O–H groups in total. The normalized spacial score (nSPS) is 10.3. The van der Waals surface area contributed by atoms with Gasteiger partial charge in [0.15, 0.2) is 6.61 Å². The molecule has 22 heavy (non-hydrogen) atoms. The number of anilines is 1. The Morgan fingerprint density at radius 2 is 1.95 bits per heavy atom. The van der Waals surface area contributed by atoms with Crippen LogP contribution in [-0.2, 0) is 11.8 Å². The van der Waals surface area contributed by atoms with Crippen molar-refractivity contribution in [3.05, 3.63) is 47.3 Å². The zero-order chi connectivity index (χ0) is 16.3. The average Bonchev–Trinajstić information content (AvgIpc) is 2.79. The van der Waals surface area contributed by atoms with Crippen LogP contribution in [0.5, 0.6) is 5.75 Å². The van der Waals surface area contributed by atoms with E-state index in [-0.39, 0.29) is 5.91 Å². The molecular weight excluding hydrogens is 284 g/mol. The second kappa shape index (κ2) is 6.34. The van der Waals surface area contributed by atoms with Gasteiger partial charge in [-0.15, -0.1) is 0 Å². The Morgan fingerprint density at radius 3 is 2.50 bits per heavy atom. The number of hydrogen-bond donors (Lipinski definition) is 2. The number of carboxylic acids is 1. The topological polar surface area (TPSA) is 80.6 Å². The van der Waals surface area contributed by atoms with Gasteiger partial charge in [-0.25, -0.2) is 4.79 Å². The molecule has 6 heteroatoms. The molecule has 116 valence electrons. The van der Waals surface area contributed by atoms with Crippen molar-refractivity contribution in [1.82, 2.24) is 4.57 Å². The molecule has 0 radical (unpaired) electrons. The van der Waals surface area contributed by atoms with Crippen molar-refractivity contribution in [3.63, 3.8) is 0 Å². The highest BCUT2D eigenvalue weighted by atomic mass is 16.5. The van der Waals surface area contributed by atoms with Crippen molar-refractivity contribution in [1.29, 1.82) is 0 Å². The van der Waals surface area contributed by atoms with Gasteiger partial charge in [0.25, 0.3) is 5.91 Å². The second-order valence-electron chi connectivity index (χ2n) is 5.03. The first-order valence-corrected chi connectivity index (χ1v) is 6.77. The predicted octanol–water partition coefficient (Wildman–Crippen LogP) is 2.36. The maximum atomic E-state index is 12.3. The maximum Gasteiger partial charge on any atom is 0.341 e. The minimum atomic E-state index is -1.03. The van der Waals surface area contributed by atoms with Crippen molar-refractivity contribution >= 4 is 17.6 Å². The van der Waals surface area contributed by atoms with Crippen LogP contribution in [0.15, 0.2) is 30.3 Å². The first-order valence-electron chi connectivity index (χ1n) is 6.77. The Labute approximate surface area is 128 Å². The molecule has 0 atom stereocenters. The Balaban J connectivity index is 2.11. The number of nitrogens with one attached hydrogen (secondary N) is 1. The van der Waals surface area contributed by atoms with Crippen molar-refractivity contribution < 1.29 is 19.4 Å². The number of carboxylic acid groups (broad SMARTS) is 1. The summed E-state index contributed by atoms with van der Waals surface area (Å²) < 4.78 is 6.91. The summed E-state index contributed by atoms with van der Waals surface area (Å²) in [5, 5.41) is 11.4. The highest BCUT2D eigenvalue weighted by Crippen LogP contribution is 2.22. The Kier molecular flexibility index (Phi) is 4.50. The lowest BCUT2D eigenvalue weighted by Crippen LogP contribution is -2.16. The van der Waals surface area contributed by atoms with Crippen molar-refractivity contribution in [2.75, 3.05) is 11.9 Å². The fourth-order valence-electron chi connectivity index (χ4n) is 2.04. The summed E-state index contributed by atoms with van der Waals surface area (Å²) in [5.74, 6) is -0.778. The van der Waals surface area contributed by atoms with E-state index in [9.17, 15) is 9.59 Å². The zero-order valence-electron chi connectivity index (χ0n) is 12.7. The van der Waals surface area contributed by atoms with E-state index in [2.05, 4.69) is 5.32 Å². The van der Waals surface area contributed by atoms with E-state index < -0.39 is 12.6 Å². The molecule has 2 aromatic rings. The van der Waals surface area contributed by atoms with Gasteiger partial charge in [-0.3, -0.25) is 4.79 Å². The van der Waals surface area contributed by atoms with Crippen LogP contribution in [0.25, 0.3) is 0 Å². The van der Waals surface area contributed by atoms with Crippen molar-refractivity contribution in [2.24, 2.45) is 7.05 Å².